The highest BCUT2D eigenvalue weighted by Crippen LogP contribution is 2.26. The van der Waals surface area contributed by atoms with Crippen LogP contribution >= 0.6 is 0 Å². The van der Waals surface area contributed by atoms with Crippen molar-refractivity contribution >= 4 is 16.8 Å². The summed E-state index contributed by atoms with van der Waals surface area (Å²) in [6, 6.07) is 16.3. The Kier molecular flexibility index (Phi) is 3.26. The molecule has 0 saturated carbocycles. The van der Waals surface area contributed by atoms with Crippen molar-refractivity contribution in [1.29, 1.82) is 0 Å². The SMILES string of the molecule is Cc1ccc(Cn2c(C)c(C(N)=O)c3ccccc32)cc1. The number of hydrogen-bond acceptors (Lipinski definition) is 1. The zero-order valence-corrected chi connectivity index (χ0v) is 12.3. The number of aryl methyl sites for hydroxylation is 1. The quantitative estimate of drug-likeness (QED) is 0.784. The van der Waals surface area contributed by atoms with Crippen LogP contribution in [0.2, 0.25) is 0 Å². The van der Waals surface area contributed by atoms with Crippen LogP contribution in [0.15, 0.2) is 48.5 Å². The zero-order chi connectivity index (χ0) is 15.0. The monoisotopic (exact) mass is 278 g/mol. The summed E-state index contributed by atoms with van der Waals surface area (Å²) in [4.78, 5) is 11.8. The van der Waals surface area contributed by atoms with Crippen LogP contribution in [0.1, 0.15) is 27.2 Å². The second-order valence-electron chi connectivity index (χ2n) is 5.41. The van der Waals surface area contributed by atoms with Crippen molar-refractivity contribution in [3.63, 3.8) is 0 Å². The largest absolute Gasteiger partial charge is 0.366 e. The fourth-order valence-corrected chi connectivity index (χ4v) is 2.82. The van der Waals surface area contributed by atoms with Crippen LogP contribution in [-0.2, 0) is 6.54 Å². The zero-order valence-electron chi connectivity index (χ0n) is 12.3. The van der Waals surface area contributed by atoms with Gasteiger partial charge in [0.05, 0.1) is 5.56 Å². The van der Waals surface area contributed by atoms with E-state index in [1.165, 1.54) is 11.1 Å². The predicted molar refractivity (Wildman–Crippen MR) is 85.5 cm³/mol. The third-order valence-electron chi connectivity index (χ3n) is 3.94. The third kappa shape index (κ3) is 2.31. The standard InChI is InChI=1S/C18H18N2O/c1-12-7-9-14(10-8-12)11-20-13(2)17(18(19)21)15-5-3-4-6-16(15)20/h3-10H,11H2,1-2H3,(H2,19,21). The summed E-state index contributed by atoms with van der Waals surface area (Å²) in [5.74, 6) is -0.369. The average molecular weight is 278 g/mol. The molecular weight excluding hydrogens is 260 g/mol. The van der Waals surface area contributed by atoms with Gasteiger partial charge in [0.2, 0.25) is 0 Å². The van der Waals surface area contributed by atoms with Gasteiger partial charge in [-0.05, 0) is 25.5 Å². The maximum atomic E-state index is 11.8. The molecule has 3 aromatic rings. The van der Waals surface area contributed by atoms with E-state index in [1.54, 1.807) is 0 Å². The van der Waals surface area contributed by atoms with E-state index in [0.29, 0.717) is 5.56 Å². The Morgan fingerprint density at radius 3 is 2.38 bits per heavy atom. The Bertz CT molecular complexity index is 813. The summed E-state index contributed by atoms with van der Waals surface area (Å²) >= 11 is 0. The molecule has 3 rings (SSSR count). The van der Waals surface area contributed by atoms with E-state index in [2.05, 4.69) is 35.8 Å². The van der Waals surface area contributed by atoms with Gasteiger partial charge in [0.25, 0.3) is 5.91 Å². The molecule has 106 valence electrons. The number of primary amides is 1. The van der Waals surface area contributed by atoms with Crippen molar-refractivity contribution in [3.8, 4) is 0 Å². The number of nitrogens with zero attached hydrogens (tertiary/aromatic N) is 1. The molecule has 0 saturated heterocycles. The first kappa shape index (κ1) is 13.4. The summed E-state index contributed by atoms with van der Waals surface area (Å²) in [5, 5.41) is 0.926. The fourth-order valence-electron chi connectivity index (χ4n) is 2.82. The summed E-state index contributed by atoms with van der Waals surface area (Å²) in [6.07, 6.45) is 0. The van der Waals surface area contributed by atoms with Crippen molar-refractivity contribution in [3.05, 3.63) is 70.9 Å². The number of nitrogens with two attached hydrogens (primary N) is 1. The molecule has 0 spiro atoms. The van der Waals surface area contributed by atoms with Crippen LogP contribution in [-0.4, -0.2) is 10.5 Å². The highest BCUT2D eigenvalue weighted by atomic mass is 16.1. The smallest absolute Gasteiger partial charge is 0.251 e. The minimum atomic E-state index is -0.369. The van der Waals surface area contributed by atoms with E-state index >= 15 is 0 Å². The van der Waals surface area contributed by atoms with Crippen molar-refractivity contribution in [1.82, 2.24) is 4.57 Å². The van der Waals surface area contributed by atoms with Crippen molar-refractivity contribution in [2.75, 3.05) is 0 Å². The highest BCUT2D eigenvalue weighted by molar-refractivity contribution is 6.07. The summed E-state index contributed by atoms with van der Waals surface area (Å²) in [7, 11) is 0. The molecule has 1 heterocycles. The number of fused-ring (bicyclic) bond motifs is 1. The Labute approximate surface area is 124 Å². The Hall–Kier alpha value is -2.55. The van der Waals surface area contributed by atoms with Gasteiger partial charge >= 0.3 is 0 Å². The fraction of sp³-hybridized carbons (Fsp3) is 0.167. The molecule has 21 heavy (non-hydrogen) atoms. The molecule has 0 aliphatic rings. The minimum absolute atomic E-state index is 0.369. The predicted octanol–water partition coefficient (Wildman–Crippen LogP) is 3.41. The molecule has 0 radical (unpaired) electrons. The van der Waals surface area contributed by atoms with E-state index in [1.807, 2.05) is 31.2 Å². The van der Waals surface area contributed by atoms with Crippen LogP contribution < -0.4 is 5.73 Å². The van der Waals surface area contributed by atoms with Crippen LogP contribution in [0.4, 0.5) is 0 Å². The molecule has 1 aromatic heterocycles. The summed E-state index contributed by atoms with van der Waals surface area (Å²) < 4.78 is 2.15. The first-order chi connectivity index (χ1) is 10.1. The molecule has 0 unspecified atom stereocenters. The van der Waals surface area contributed by atoms with Gasteiger partial charge in [0.1, 0.15) is 0 Å². The summed E-state index contributed by atoms with van der Waals surface area (Å²) in [6.45, 7) is 4.76. The van der Waals surface area contributed by atoms with Gasteiger partial charge in [0, 0.05) is 23.1 Å². The number of rotatable bonds is 3. The van der Waals surface area contributed by atoms with Crippen molar-refractivity contribution in [2.45, 2.75) is 20.4 Å². The molecule has 0 atom stereocenters. The molecular formula is C18H18N2O. The van der Waals surface area contributed by atoms with Gasteiger partial charge in [-0.25, -0.2) is 0 Å². The molecule has 1 amide bonds. The molecule has 0 bridgehead atoms. The number of benzene rings is 2. The van der Waals surface area contributed by atoms with Crippen LogP contribution in [0, 0.1) is 13.8 Å². The second-order valence-corrected chi connectivity index (χ2v) is 5.41. The first-order valence-corrected chi connectivity index (χ1v) is 7.01. The number of aromatic nitrogens is 1. The highest BCUT2D eigenvalue weighted by Gasteiger charge is 2.17. The van der Waals surface area contributed by atoms with Crippen LogP contribution in [0.3, 0.4) is 0 Å². The molecule has 0 aliphatic carbocycles. The molecule has 3 nitrogen and oxygen atoms in total. The van der Waals surface area contributed by atoms with Gasteiger partial charge in [0.15, 0.2) is 0 Å². The van der Waals surface area contributed by atoms with Crippen molar-refractivity contribution < 1.29 is 4.79 Å². The third-order valence-corrected chi connectivity index (χ3v) is 3.94. The first-order valence-electron chi connectivity index (χ1n) is 7.01. The van der Waals surface area contributed by atoms with E-state index in [-0.39, 0.29) is 5.91 Å². The summed E-state index contributed by atoms with van der Waals surface area (Å²) in [5.41, 5.74) is 10.6. The van der Waals surface area contributed by atoms with E-state index in [4.69, 9.17) is 5.73 Å². The number of carbonyl (C=O) groups is 1. The van der Waals surface area contributed by atoms with Gasteiger partial charge in [-0.15, -0.1) is 0 Å². The number of amides is 1. The lowest BCUT2D eigenvalue weighted by molar-refractivity contribution is 0.100. The topological polar surface area (TPSA) is 48.0 Å². The lowest BCUT2D eigenvalue weighted by Crippen LogP contribution is -2.13. The van der Waals surface area contributed by atoms with E-state index in [0.717, 1.165) is 23.1 Å². The Morgan fingerprint density at radius 2 is 1.71 bits per heavy atom. The Morgan fingerprint density at radius 1 is 1.05 bits per heavy atom. The van der Waals surface area contributed by atoms with Gasteiger partial charge in [-0.3, -0.25) is 4.79 Å². The molecule has 2 aromatic carbocycles. The van der Waals surface area contributed by atoms with E-state index in [9.17, 15) is 4.79 Å². The molecule has 0 aliphatic heterocycles. The van der Waals surface area contributed by atoms with Gasteiger partial charge in [-0.2, -0.15) is 0 Å². The van der Waals surface area contributed by atoms with Gasteiger partial charge < -0.3 is 10.3 Å². The van der Waals surface area contributed by atoms with Crippen molar-refractivity contribution in [2.24, 2.45) is 5.73 Å². The normalized spacial score (nSPS) is 11.0. The van der Waals surface area contributed by atoms with Crippen LogP contribution in [0.5, 0.6) is 0 Å². The maximum absolute atomic E-state index is 11.8. The number of carbonyl (C=O) groups excluding carboxylic acids is 1. The minimum Gasteiger partial charge on any atom is -0.366 e. The number of hydrogen-bond donors (Lipinski definition) is 1. The molecule has 2 N–H and O–H groups in total. The average Bonchev–Trinajstić information content (AvgIpc) is 2.74. The molecule has 3 heteroatoms. The lowest BCUT2D eigenvalue weighted by Gasteiger charge is -2.09. The second kappa shape index (κ2) is 5.09. The number of para-hydroxylation sites is 1. The van der Waals surface area contributed by atoms with Crippen LogP contribution in [0.25, 0.3) is 10.9 Å². The van der Waals surface area contributed by atoms with Gasteiger partial charge in [-0.1, -0.05) is 48.0 Å². The molecule has 0 fully saturated rings. The van der Waals surface area contributed by atoms with E-state index < -0.39 is 0 Å². The lowest BCUT2D eigenvalue weighted by atomic mass is 10.1. The maximum Gasteiger partial charge on any atom is 0.251 e. The Balaban J connectivity index is 2.16.